The van der Waals surface area contributed by atoms with E-state index < -0.39 is 0 Å². The molecule has 0 amide bonds. The first kappa shape index (κ1) is 15.5. The van der Waals surface area contributed by atoms with Gasteiger partial charge in [-0.3, -0.25) is 0 Å². The molecule has 2 aromatic carbocycles. The number of hydrogen-bond donors (Lipinski definition) is 1. The number of phenols is 1. The summed E-state index contributed by atoms with van der Waals surface area (Å²) in [5.74, 6) is 1.27. The number of nitrogens with zero attached hydrogens (tertiary/aromatic N) is 2. The summed E-state index contributed by atoms with van der Waals surface area (Å²) in [6.45, 7) is 5.09. The molecule has 0 aromatic heterocycles. The van der Waals surface area contributed by atoms with Crippen molar-refractivity contribution in [1.82, 2.24) is 0 Å². The van der Waals surface area contributed by atoms with Crippen LogP contribution in [0.3, 0.4) is 0 Å². The van der Waals surface area contributed by atoms with Gasteiger partial charge in [0.1, 0.15) is 0 Å². The van der Waals surface area contributed by atoms with E-state index >= 15 is 0 Å². The molecule has 1 aliphatic rings. The van der Waals surface area contributed by atoms with Gasteiger partial charge in [-0.15, -0.1) is 0 Å². The Bertz CT molecular complexity index is 687. The SMILES string of the molecule is COc1ccc(CN2C[C@@H](C)CN(C)c3ccccc32)cc1O. The summed E-state index contributed by atoms with van der Waals surface area (Å²) in [4.78, 5) is 4.72. The summed E-state index contributed by atoms with van der Waals surface area (Å²) in [5.41, 5.74) is 3.58. The van der Waals surface area contributed by atoms with Crippen LogP contribution in [0.2, 0.25) is 0 Å². The van der Waals surface area contributed by atoms with E-state index in [9.17, 15) is 5.11 Å². The van der Waals surface area contributed by atoms with E-state index in [0.717, 1.165) is 25.2 Å². The standard InChI is InChI=1S/C19H24N2O2/c1-14-11-20(2)16-6-4-5-7-17(16)21(12-14)13-15-8-9-19(23-3)18(22)10-15/h4-10,14,22H,11-13H2,1-3H3/t14-/m0/s1. The fourth-order valence-corrected chi connectivity index (χ4v) is 3.36. The average molecular weight is 312 g/mol. The second kappa shape index (κ2) is 6.41. The van der Waals surface area contributed by atoms with Gasteiger partial charge in [0.2, 0.25) is 0 Å². The summed E-state index contributed by atoms with van der Waals surface area (Å²) in [5, 5.41) is 10.0. The summed E-state index contributed by atoms with van der Waals surface area (Å²) in [6, 6.07) is 14.1. The van der Waals surface area contributed by atoms with Crippen molar-refractivity contribution in [3.8, 4) is 11.5 Å². The van der Waals surface area contributed by atoms with Gasteiger partial charge in [-0.05, 0) is 35.7 Å². The number of fused-ring (bicyclic) bond motifs is 1. The predicted molar refractivity (Wildman–Crippen MR) is 94.6 cm³/mol. The number of hydrogen-bond acceptors (Lipinski definition) is 4. The normalized spacial score (nSPS) is 17.6. The summed E-state index contributed by atoms with van der Waals surface area (Å²) >= 11 is 0. The number of ether oxygens (including phenoxy) is 1. The molecule has 0 spiro atoms. The van der Waals surface area contributed by atoms with Crippen LogP contribution in [0.5, 0.6) is 11.5 Å². The highest BCUT2D eigenvalue weighted by Crippen LogP contribution is 2.34. The molecule has 23 heavy (non-hydrogen) atoms. The number of phenolic OH excluding ortho intramolecular Hbond substituents is 1. The molecule has 1 heterocycles. The number of rotatable bonds is 3. The minimum atomic E-state index is 0.193. The van der Waals surface area contributed by atoms with Crippen molar-refractivity contribution in [3.63, 3.8) is 0 Å². The molecule has 1 atom stereocenters. The molecule has 0 radical (unpaired) electrons. The zero-order valence-corrected chi connectivity index (χ0v) is 14.0. The van der Waals surface area contributed by atoms with Gasteiger partial charge in [0.25, 0.3) is 0 Å². The van der Waals surface area contributed by atoms with Crippen molar-refractivity contribution < 1.29 is 9.84 Å². The van der Waals surface area contributed by atoms with E-state index in [0.29, 0.717) is 11.7 Å². The lowest BCUT2D eigenvalue weighted by Gasteiger charge is -2.26. The van der Waals surface area contributed by atoms with Gasteiger partial charge in [-0.1, -0.05) is 25.1 Å². The monoisotopic (exact) mass is 312 g/mol. The Labute approximate surface area is 137 Å². The maximum absolute atomic E-state index is 10.0. The number of methoxy groups -OCH3 is 1. The van der Waals surface area contributed by atoms with Crippen LogP contribution in [0.4, 0.5) is 11.4 Å². The van der Waals surface area contributed by atoms with Gasteiger partial charge in [0.05, 0.1) is 18.5 Å². The van der Waals surface area contributed by atoms with Crippen molar-refractivity contribution in [2.45, 2.75) is 13.5 Å². The molecule has 122 valence electrons. The van der Waals surface area contributed by atoms with E-state index in [4.69, 9.17) is 4.74 Å². The van der Waals surface area contributed by atoms with Gasteiger partial charge in [0, 0.05) is 26.7 Å². The highest BCUT2D eigenvalue weighted by atomic mass is 16.5. The van der Waals surface area contributed by atoms with Gasteiger partial charge >= 0.3 is 0 Å². The fraction of sp³-hybridized carbons (Fsp3) is 0.368. The predicted octanol–water partition coefficient (Wildman–Crippen LogP) is 3.49. The molecule has 0 bridgehead atoms. The molecule has 0 saturated carbocycles. The summed E-state index contributed by atoms with van der Waals surface area (Å²) in [6.07, 6.45) is 0. The molecule has 3 rings (SSSR count). The maximum Gasteiger partial charge on any atom is 0.160 e. The largest absolute Gasteiger partial charge is 0.504 e. The van der Waals surface area contributed by atoms with Gasteiger partial charge in [-0.25, -0.2) is 0 Å². The van der Waals surface area contributed by atoms with E-state index in [1.54, 1.807) is 13.2 Å². The molecule has 4 nitrogen and oxygen atoms in total. The zero-order valence-electron chi connectivity index (χ0n) is 14.0. The number of aromatic hydroxyl groups is 1. The highest BCUT2D eigenvalue weighted by molar-refractivity contribution is 5.72. The number of anilines is 2. The molecular weight excluding hydrogens is 288 g/mol. The van der Waals surface area contributed by atoms with Crippen molar-refractivity contribution in [1.29, 1.82) is 0 Å². The maximum atomic E-state index is 10.0. The van der Waals surface area contributed by atoms with Crippen molar-refractivity contribution in [2.75, 3.05) is 37.0 Å². The van der Waals surface area contributed by atoms with E-state index in [1.165, 1.54) is 11.4 Å². The van der Waals surface area contributed by atoms with E-state index in [-0.39, 0.29) is 5.75 Å². The Morgan fingerprint density at radius 3 is 2.57 bits per heavy atom. The Morgan fingerprint density at radius 1 is 1.13 bits per heavy atom. The van der Waals surface area contributed by atoms with Crippen LogP contribution in [-0.4, -0.2) is 32.4 Å². The molecule has 0 unspecified atom stereocenters. The Kier molecular flexibility index (Phi) is 4.33. The third kappa shape index (κ3) is 3.21. The first-order chi connectivity index (χ1) is 11.1. The van der Waals surface area contributed by atoms with Crippen LogP contribution in [0.25, 0.3) is 0 Å². The number of para-hydroxylation sites is 2. The van der Waals surface area contributed by atoms with Crippen LogP contribution < -0.4 is 14.5 Å². The molecule has 1 aliphatic heterocycles. The molecule has 0 aliphatic carbocycles. The van der Waals surface area contributed by atoms with E-state index in [1.807, 2.05) is 12.1 Å². The van der Waals surface area contributed by atoms with Crippen molar-refractivity contribution in [2.24, 2.45) is 5.92 Å². The van der Waals surface area contributed by atoms with Crippen LogP contribution in [0, 0.1) is 5.92 Å². The molecule has 1 N–H and O–H groups in total. The minimum Gasteiger partial charge on any atom is -0.504 e. The lowest BCUT2D eigenvalue weighted by atomic mass is 10.1. The Morgan fingerprint density at radius 2 is 1.87 bits per heavy atom. The fourth-order valence-electron chi connectivity index (χ4n) is 3.36. The average Bonchev–Trinajstić information content (AvgIpc) is 2.65. The third-order valence-electron chi connectivity index (χ3n) is 4.37. The summed E-state index contributed by atoms with van der Waals surface area (Å²) in [7, 11) is 3.72. The van der Waals surface area contributed by atoms with Crippen LogP contribution in [-0.2, 0) is 6.54 Å². The molecule has 0 saturated heterocycles. The quantitative estimate of drug-likeness (QED) is 0.941. The van der Waals surface area contributed by atoms with Crippen LogP contribution in [0.15, 0.2) is 42.5 Å². The molecule has 0 fully saturated rings. The molecule has 4 heteroatoms. The zero-order chi connectivity index (χ0) is 16.4. The smallest absolute Gasteiger partial charge is 0.160 e. The van der Waals surface area contributed by atoms with Gasteiger partial charge < -0.3 is 19.6 Å². The lowest BCUT2D eigenvalue weighted by Crippen LogP contribution is -2.29. The Balaban J connectivity index is 1.92. The van der Waals surface area contributed by atoms with Crippen molar-refractivity contribution in [3.05, 3.63) is 48.0 Å². The van der Waals surface area contributed by atoms with Crippen LogP contribution in [0.1, 0.15) is 12.5 Å². The van der Waals surface area contributed by atoms with Crippen LogP contribution >= 0.6 is 0 Å². The highest BCUT2D eigenvalue weighted by Gasteiger charge is 2.22. The molecule has 2 aromatic rings. The third-order valence-corrected chi connectivity index (χ3v) is 4.37. The van der Waals surface area contributed by atoms with Gasteiger partial charge in [-0.2, -0.15) is 0 Å². The van der Waals surface area contributed by atoms with Crippen molar-refractivity contribution >= 4 is 11.4 Å². The van der Waals surface area contributed by atoms with E-state index in [2.05, 4.69) is 48.0 Å². The minimum absolute atomic E-state index is 0.193. The van der Waals surface area contributed by atoms with Gasteiger partial charge in [0.15, 0.2) is 11.5 Å². The second-order valence-electron chi connectivity index (χ2n) is 6.36. The first-order valence-corrected chi connectivity index (χ1v) is 7.99. The number of benzene rings is 2. The Hall–Kier alpha value is -2.36. The second-order valence-corrected chi connectivity index (χ2v) is 6.36. The topological polar surface area (TPSA) is 35.9 Å². The summed E-state index contributed by atoms with van der Waals surface area (Å²) < 4.78 is 5.13. The first-order valence-electron chi connectivity index (χ1n) is 7.99. The lowest BCUT2D eigenvalue weighted by molar-refractivity contribution is 0.373. The molecular formula is C19H24N2O2.